The Bertz CT molecular complexity index is 1250. The molecule has 0 spiro atoms. The van der Waals surface area contributed by atoms with Crippen LogP contribution in [0, 0.1) is 11.6 Å². The van der Waals surface area contributed by atoms with Crippen molar-refractivity contribution in [2.24, 2.45) is 0 Å². The van der Waals surface area contributed by atoms with Crippen molar-refractivity contribution in [2.45, 2.75) is 42.9 Å². The number of carbonyl (C=O) groups is 2. The number of carbonyl (C=O) groups excluding carboxylic acids is 2. The Morgan fingerprint density at radius 2 is 1.84 bits per heavy atom. The first kappa shape index (κ1) is 18.4. The lowest BCUT2D eigenvalue weighted by Crippen LogP contribution is -2.51. The minimum atomic E-state index is -0.618. The molecule has 3 fully saturated rings. The summed E-state index contributed by atoms with van der Waals surface area (Å²) < 4.78 is 29.4. The van der Waals surface area contributed by atoms with E-state index >= 15 is 0 Å². The fourth-order valence-electron chi connectivity index (χ4n) is 4.51. The van der Waals surface area contributed by atoms with Crippen molar-refractivity contribution in [2.75, 3.05) is 6.54 Å². The molecule has 31 heavy (non-hydrogen) atoms. The van der Waals surface area contributed by atoms with Gasteiger partial charge in [0.2, 0.25) is 5.91 Å². The largest absolute Gasteiger partial charge is 0.337 e. The zero-order chi connectivity index (χ0) is 21.3. The van der Waals surface area contributed by atoms with E-state index in [4.69, 9.17) is 4.98 Å². The van der Waals surface area contributed by atoms with Gasteiger partial charge in [0.25, 0.3) is 0 Å². The van der Waals surface area contributed by atoms with Gasteiger partial charge in [0.15, 0.2) is 5.65 Å². The lowest BCUT2D eigenvalue weighted by Gasteiger charge is -2.22. The van der Waals surface area contributed by atoms with Crippen molar-refractivity contribution in [1.82, 2.24) is 25.2 Å². The van der Waals surface area contributed by atoms with Crippen LogP contribution in [0.5, 0.6) is 0 Å². The topological polar surface area (TPSA) is 88.4 Å². The summed E-state index contributed by atoms with van der Waals surface area (Å²) >= 11 is 0. The molecule has 7 nitrogen and oxygen atoms in total. The van der Waals surface area contributed by atoms with Crippen LogP contribution in [0.4, 0.5) is 13.6 Å². The van der Waals surface area contributed by atoms with Crippen molar-refractivity contribution in [3.8, 4) is 0 Å². The van der Waals surface area contributed by atoms with Gasteiger partial charge in [-0.25, -0.2) is 23.1 Å². The quantitative estimate of drug-likeness (QED) is 0.675. The Labute approximate surface area is 175 Å². The van der Waals surface area contributed by atoms with Gasteiger partial charge in [0.1, 0.15) is 11.6 Å². The molecule has 3 atom stereocenters. The van der Waals surface area contributed by atoms with Crippen LogP contribution in [0.25, 0.3) is 5.65 Å². The second kappa shape index (κ2) is 6.57. The van der Waals surface area contributed by atoms with Gasteiger partial charge in [0, 0.05) is 24.1 Å². The summed E-state index contributed by atoms with van der Waals surface area (Å²) in [5.74, 6) is -1.82. The van der Waals surface area contributed by atoms with Crippen molar-refractivity contribution in [3.05, 3.63) is 64.6 Å². The Morgan fingerprint density at radius 1 is 1.03 bits per heavy atom. The highest BCUT2D eigenvalue weighted by Crippen LogP contribution is 2.56. The molecule has 1 aliphatic heterocycles. The number of aromatic nitrogens is 3. The van der Waals surface area contributed by atoms with Crippen LogP contribution in [-0.4, -0.2) is 33.1 Å². The molecule has 2 N–H and O–H groups in total. The maximum Gasteiger partial charge on any atom is 0.321 e. The van der Waals surface area contributed by atoms with E-state index in [2.05, 4.69) is 15.7 Å². The number of imidazole rings is 1. The molecule has 2 aromatic heterocycles. The zero-order valence-electron chi connectivity index (χ0n) is 16.4. The predicted octanol–water partition coefficient (Wildman–Crippen LogP) is 3.08. The van der Waals surface area contributed by atoms with Gasteiger partial charge in [0.05, 0.1) is 23.5 Å². The highest BCUT2D eigenvalue weighted by molar-refractivity contribution is 6.00. The van der Waals surface area contributed by atoms with E-state index in [9.17, 15) is 18.4 Å². The van der Waals surface area contributed by atoms with Gasteiger partial charge < -0.3 is 5.32 Å². The van der Waals surface area contributed by atoms with Gasteiger partial charge >= 0.3 is 6.03 Å². The van der Waals surface area contributed by atoms with Crippen molar-refractivity contribution >= 4 is 17.6 Å². The number of amides is 3. The predicted molar refractivity (Wildman–Crippen MR) is 106 cm³/mol. The fourth-order valence-corrected chi connectivity index (χ4v) is 4.51. The zero-order valence-corrected chi connectivity index (χ0v) is 16.4. The van der Waals surface area contributed by atoms with Gasteiger partial charge in [-0.3, -0.25) is 10.1 Å². The number of urea groups is 1. The van der Waals surface area contributed by atoms with Crippen LogP contribution in [0.2, 0.25) is 0 Å². The highest BCUT2D eigenvalue weighted by atomic mass is 19.1. The number of nitrogens with one attached hydrogen (secondary N) is 2. The molecule has 3 aliphatic rings. The Balaban J connectivity index is 1.42. The average Bonchev–Trinajstić information content (AvgIpc) is 3.64. The van der Waals surface area contributed by atoms with Gasteiger partial charge in [-0.1, -0.05) is 6.07 Å². The Morgan fingerprint density at radius 3 is 2.58 bits per heavy atom. The summed E-state index contributed by atoms with van der Waals surface area (Å²) in [6.45, 7) is 0.160. The summed E-state index contributed by atoms with van der Waals surface area (Å²) in [4.78, 5) is 28.6. The maximum absolute atomic E-state index is 14.4. The molecule has 3 amide bonds. The molecular weight excluding hydrogens is 404 g/mol. The molecule has 0 radical (unpaired) electrons. The second-order valence-electron chi connectivity index (χ2n) is 8.60. The van der Waals surface area contributed by atoms with E-state index in [1.54, 1.807) is 4.52 Å². The first-order valence-electron chi connectivity index (χ1n) is 10.4. The fraction of sp³-hybridized carbons (Fsp3) is 0.364. The molecule has 2 saturated carbocycles. The number of benzene rings is 1. The Hall–Kier alpha value is -3.36. The van der Waals surface area contributed by atoms with Crippen molar-refractivity contribution in [1.29, 1.82) is 0 Å². The molecule has 1 saturated heterocycles. The smallest absolute Gasteiger partial charge is 0.321 e. The molecule has 9 heteroatoms. The SMILES string of the molecule is O=C1NCC(c2cc([C@H]3C[C@@H]3c3ccc(F)cc3F)c3nc(C4CC4)cn3n2)C(=O)N1. The number of nitrogens with zero attached hydrogens (tertiary/aromatic N) is 3. The molecular formula is C22H19F2N5O2. The Kier molecular flexibility index (Phi) is 3.90. The van der Waals surface area contributed by atoms with Gasteiger partial charge in [-0.2, -0.15) is 5.10 Å². The molecule has 1 aromatic carbocycles. The minimum Gasteiger partial charge on any atom is -0.337 e. The molecule has 3 aromatic rings. The summed E-state index contributed by atoms with van der Waals surface area (Å²) in [5.41, 5.74) is 3.60. The molecule has 6 rings (SSSR count). The van der Waals surface area contributed by atoms with E-state index in [0.29, 0.717) is 29.2 Å². The third kappa shape index (κ3) is 3.15. The van der Waals surface area contributed by atoms with Crippen LogP contribution >= 0.6 is 0 Å². The minimum absolute atomic E-state index is 0.0000859. The number of imide groups is 1. The van der Waals surface area contributed by atoms with E-state index in [0.717, 1.165) is 30.2 Å². The first-order chi connectivity index (χ1) is 15.0. The summed E-state index contributed by atoms with van der Waals surface area (Å²) in [6, 6.07) is 5.02. The average molecular weight is 423 g/mol. The molecule has 0 bridgehead atoms. The number of halogens is 2. The summed E-state index contributed by atoms with van der Waals surface area (Å²) in [6.07, 6.45) is 4.79. The normalized spacial score (nSPS) is 25.4. The van der Waals surface area contributed by atoms with E-state index in [1.807, 2.05) is 12.3 Å². The molecule has 1 unspecified atom stereocenters. The van der Waals surface area contributed by atoms with Gasteiger partial charge in [-0.05, 0) is 48.8 Å². The van der Waals surface area contributed by atoms with E-state index in [1.165, 1.54) is 12.1 Å². The van der Waals surface area contributed by atoms with Crippen molar-refractivity contribution < 1.29 is 18.4 Å². The third-order valence-corrected chi connectivity index (χ3v) is 6.42. The molecule has 2 aliphatic carbocycles. The van der Waals surface area contributed by atoms with Gasteiger partial charge in [-0.15, -0.1) is 0 Å². The second-order valence-corrected chi connectivity index (χ2v) is 8.60. The lowest BCUT2D eigenvalue weighted by molar-refractivity contribution is -0.122. The lowest BCUT2D eigenvalue weighted by atomic mass is 9.99. The number of rotatable bonds is 4. The number of hydrogen-bond donors (Lipinski definition) is 2. The first-order valence-corrected chi connectivity index (χ1v) is 10.4. The maximum atomic E-state index is 14.4. The standard InChI is InChI=1S/C22H19F2N5O2/c23-11-3-4-12(17(24)5-11)13-6-14(13)15-7-18(16-8-25-22(31)27-21(16)30)28-29-9-19(10-1-2-10)26-20(15)29/h3-5,7,9-10,13-14,16H,1-2,6,8H2,(H2,25,27,30,31)/t13-,14+,16?/m1/s1. The number of hydrogen-bond acceptors (Lipinski definition) is 4. The van der Waals surface area contributed by atoms with Crippen LogP contribution in [0.15, 0.2) is 30.5 Å². The van der Waals surface area contributed by atoms with Crippen molar-refractivity contribution in [3.63, 3.8) is 0 Å². The summed E-state index contributed by atoms with van der Waals surface area (Å²) in [5, 5.41) is 9.54. The van der Waals surface area contributed by atoms with Crippen LogP contribution < -0.4 is 10.6 Å². The van der Waals surface area contributed by atoms with Crippen LogP contribution in [0.1, 0.15) is 65.4 Å². The van der Waals surface area contributed by atoms with Crippen LogP contribution in [0.3, 0.4) is 0 Å². The van der Waals surface area contributed by atoms with Crippen LogP contribution in [-0.2, 0) is 4.79 Å². The highest BCUT2D eigenvalue weighted by Gasteiger charge is 2.44. The summed E-state index contributed by atoms with van der Waals surface area (Å²) in [7, 11) is 0. The molecule has 158 valence electrons. The molecule has 3 heterocycles. The van der Waals surface area contributed by atoms with E-state index < -0.39 is 29.5 Å². The number of fused-ring (bicyclic) bond motifs is 1. The van der Waals surface area contributed by atoms with E-state index in [-0.39, 0.29) is 18.4 Å². The monoisotopic (exact) mass is 423 g/mol. The third-order valence-electron chi connectivity index (χ3n) is 6.42.